The van der Waals surface area contributed by atoms with Crippen LogP contribution in [-0.2, 0) is 24.2 Å². The fourth-order valence-electron chi connectivity index (χ4n) is 4.23. The molecule has 0 fully saturated rings. The fourth-order valence-corrected chi connectivity index (χ4v) is 4.23. The van der Waals surface area contributed by atoms with Gasteiger partial charge in [-0.2, -0.15) is 0 Å². The van der Waals surface area contributed by atoms with E-state index in [1.54, 1.807) is 62.7 Å². The number of pyridine rings is 1. The number of nitrogens with zero attached hydrogens (tertiary/aromatic N) is 2. The maximum Gasteiger partial charge on any atom is 0.326 e. The molecule has 9 nitrogen and oxygen atoms in total. The number of carbonyl (C=O) groups is 2. The largest absolute Gasteiger partial charge is 0.497 e. The minimum atomic E-state index is -1.16. The lowest BCUT2D eigenvalue weighted by molar-refractivity contribution is -0.139. The van der Waals surface area contributed by atoms with Crippen molar-refractivity contribution < 1.29 is 28.3 Å². The Balaban J connectivity index is 1.40. The number of aliphatic carboxylic acids is 1. The smallest absolute Gasteiger partial charge is 0.326 e. The number of amides is 1. The first-order valence-electron chi connectivity index (χ1n) is 12.4. The number of rotatable bonds is 11. The Morgan fingerprint density at radius 2 is 1.90 bits per heavy atom. The molecule has 0 spiro atoms. The van der Waals surface area contributed by atoms with Gasteiger partial charge in [0.1, 0.15) is 29.1 Å². The van der Waals surface area contributed by atoms with Gasteiger partial charge in [-0.15, -0.1) is 0 Å². The molecule has 1 unspecified atom stereocenters. The van der Waals surface area contributed by atoms with Gasteiger partial charge in [-0.1, -0.05) is 36.3 Å². The van der Waals surface area contributed by atoms with Crippen molar-refractivity contribution in [2.24, 2.45) is 0 Å². The average Bonchev–Trinajstić information content (AvgIpc) is 3.40. The summed E-state index contributed by atoms with van der Waals surface area (Å²) in [4.78, 5) is 29.1. The van der Waals surface area contributed by atoms with E-state index in [9.17, 15) is 19.1 Å². The van der Waals surface area contributed by atoms with Gasteiger partial charge in [0.2, 0.25) is 0 Å². The lowest BCUT2D eigenvalue weighted by Crippen LogP contribution is -2.42. The van der Waals surface area contributed by atoms with Gasteiger partial charge in [0.05, 0.1) is 13.7 Å². The highest BCUT2D eigenvalue weighted by atomic mass is 19.1. The molecule has 2 aromatic heterocycles. The number of hydrogen-bond acceptors (Lipinski definition) is 7. The Morgan fingerprint density at radius 1 is 1.13 bits per heavy atom. The summed E-state index contributed by atoms with van der Waals surface area (Å²) in [6, 6.07) is 13.9. The van der Waals surface area contributed by atoms with Crippen LogP contribution in [0.4, 0.5) is 10.2 Å². The Bertz CT molecular complexity index is 1470. The average molecular weight is 533 g/mol. The van der Waals surface area contributed by atoms with Gasteiger partial charge in [0, 0.05) is 35.9 Å². The summed E-state index contributed by atoms with van der Waals surface area (Å²) in [6.07, 6.45) is 2.16. The lowest BCUT2D eigenvalue weighted by atomic mass is 9.98. The zero-order valence-electron chi connectivity index (χ0n) is 21.8. The molecule has 1 atom stereocenters. The third-order valence-electron chi connectivity index (χ3n) is 6.25. The quantitative estimate of drug-likeness (QED) is 0.252. The second-order valence-electron chi connectivity index (χ2n) is 8.99. The van der Waals surface area contributed by atoms with Crippen molar-refractivity contribution in [2.75, 3.05) is 12.4 Å². The van der Waals surface area contributed by atoms with E-state index in [0.29, 0.717) is 58.2 Å². The molecule has 4 aromatic rings. The fraction of sp³-hybridized carbons (Fsp3) is 0.241. The van der Waals surface area contributed by atoms with E-state index < -0.39 is 23.7 Å². The van der Waals surface area contributed by atoms with Gasteiger partial charge in [0.15, 0.2) is 5.76 Å². The van der Waals surface area contributed by atoms with Gasteiger partial charge >= 0.3 is 5.97 Å². The highest BCUT2D eigenvalue weighted by Gasteiger charge is 2.24. The van der Waals surface area contributed by atoms with Crippen molar-refractivity contribution in [3.05, 3.63) is 94.6 Å². The number of carbonyl (C=O) groups excluding carboxylic acids is 1. The topological polar surface area (TPSA) is 127 Å². The zero-order valence-corrected chi connectivity index (χ0v) is 21.8. The summed E-state index contributed by atoms with van der Waals surface area (Å²) in [5, 5.41) is 19.6. The molecule has 10 heteroatoms. The number of carboxylic acid groups (broad SMARTS) is 1. The van der Waals surface area contributed by atoms with Crippen LogP contribution in [-0.4, -0.2) is 40.3 Å². The molecule has 0 bridgehead atoms. The molecule has 1 amide bonds. The van der Waals surface area contributed by atoms with Crippen molar-refractivity contribution in [3.63, 3.8) is 0 Å². The summed E-state index contributed by atoms with van der Waals surface area (Å²) >= 11 is 0. The molecule has 0 aliphatic carbocycles. The number of carboxylic acids is 1. The van der Waals surface area contributed by atoms with Crippen molar-refractivity contribution >= 4 is 17.7 Å². The summed E-state index contributed by atoms with van der Waals surface area (Å²) in [7, 11) is 1.59. The number of nitrogens with one attached hydrogen (secondary N) is 2. The first-order valence-corrected chi connectivity index (χ1v) is 12.4. The zero-order chi connectivity index (χ0) is 27.9. The molecule has 0 saturated heterocycles. The highest BCUT2D eigenvalue weighted by molar-refractivity contribution is 5.99. The molecule has 39 heavy (non-hydrogen) atoms. The number of aryl methyl sites for hydroxylation is 2. The van der Waals surface area contributed by atoms with Crippen molar-refractivity contribution in [1.82, 2.24) is 15.5 Å². The molecule has 2 aromatic carbocycles. The molecule has 4 rings (SSSR count). The van der Waals surface area contributed by atoms with Crippen molar-refractivity contribution in [1.29, 1.82) is 0 Å². The molecule has 0 aliphatic rings. The molecule has 2 heterocycles. The number of methoxy groups -OCH3 is 1. The summed E-state index contributed by atoms with van der Waals surface area (Å²) in [6.45, 7) is 3.84. The van der Waals surface area contributed by atoms with Crippen LogP contribution >= 0.6 is 0 Å². The Hall–Kier alpha value is -4.73. The maximum absolute atomic E-state index is 13.8. The van der Waals surface area contributed by atoms with Crippen LogP contribution in [0.1, 0.15) is 39.7 Å². The van der Waals surface area contributed by atoms with Gasteiger partial charge in [-0.3, -0.25) is 4.79 Å². The maximum atomic E-state index is 13.8. The van der Waals surface area contributed by atoms with Gasteiger partial charge < -0.3 is 25.0 Å². The van der Waals surface area contributed by atoms with E-state index in [1.807, 2.05) is 6.92 Å². The molecular formula is C29H29FN4O5. The standard InChI is InChI=1S/C29H29FN4O5/c1-4-19-13-21(30)11-17(2)27(19)28(35)33-24(29(36)37)12-18-5-7-20(8-6-18)25-14-22(34-39-25)16-32-26-15-23(38-3)9-10-31-26/h5-11,13-15,24H,4,12,16H2,1-3H3,(H,31,32)(H,33,35)(H,36,37). The molecule has 202 valence electrons. The Kier molecular flexibility index (Phi) is 8.55. The minimum Gasteiger partial charge on any atom is -0.497 e. The number of ether oxygens (including phenoxy) is 1. The van der Waals surface area contributed by atoms with Crippen LogP contribution in [0.25, 0.3) is 11.3 Å². The first kappa shape index (κ1) is 27.3. The summed E-state index contributed by atoms with van der Waals surface area (Å²) in [5.74, 6) is -0.250. The molecule has 3 N–H and O–H groups in total. The Morgan fingerprint density at radius 3 is 2.59 bits per heavy atom. The lowest BCUT2D eigenvalue weighted by Gasteiger charge is -2.17. The van der Waals surface area contributed by atoms with E-state index in [-0.39, 0.29) is 6.42 Å². The first-order chi connectivity index (χ1) is 18.8. The van der Waals surface area contributed by atoms with E-state index in [0.717, 1.165) is 5.56 Å². The number of halogens is 1. The number of anilines is 1. The van der Waals surface area contributed by atoms with Crippen molar-refractivity contribution in [3.8, 4) is 17.1 Å². The third-order valence-corrected chi connectivity index (χ3v) is 6.25. The highest BCUT2D eigenvalue weighted by Crippen LogP contribution is 2.23. The van der Waals surface area contributed by atoms with Crippen LogP contribution in [0.5, 0.6) is 5.75 Å². The molecule has 0 radical (unpaired) electrons. The van der Waals surface area contributed by atoms with Crippen molar-refractivity contribution in [2.45, 2.75) is 39.3 Å². The second-order valence-corrected chi connectivity index (χ2v) is 8.99. The molecule has 0 saturated carbocycles. The predicted molar refractivity (Wildman–Crippen MR) is 143 cm³/mol. The summed E-state index contributed by atoms with van der Waals surface area (Å²) in [5.41, 5.74) is 3.44. The van der Waals surface area contributed by atoms with Gasteiger partial charge in [-0.25, -0.2) is 14.2 Å². The van der Waals surface area contributed by atoms with E-state index in [2.05, 4.69) is 20.8 Å². The number of aromatic nitrogens is 2. The number of benzene rings is 2. The van der Waals surface area contributed by atoms with E-state index >= 15 is 0 Å². The number of hydrogen-bond donors (Lipinski definition) is 3. The van der Waals surface area contributed by atoms with Crippen LogP contribution in [0.3, 0.4) is 0 Å². The summed E-state index contributed by atoms with van der Waals surface area (Å²) < 4.78 is 24.4. The minimum absolute atomic E-state index is 0.0716. The van der Waals surface area contributed by atoms with Crippen LogP contribution in [0.15, 0.2) is 65.3 Å². The van der Waals surface area contributed by atoms with Crippen LogP contribution in [0, 0.1) is 12.7 Å². The SMILES string of the molecule is CCc1cc(F)cc(C)c1C(=O)NC(Cc1ccc(-c2cc(CNc3cc(OC)ccn3)no2)cc1)C(=O)O. The third kappa shape index (κ3) is 6.78. The van der Waals surface area contributed by atoms with Crippen LogP contribution in [0.2, 0.25) is 0 Å². The monoisotopic (exact) mass is 532 g/mol. The normalized spacial score (nSPS) is 11.6. The van der Waals surface area contributed by atoms with Gasteiger partial charge in [0.25, 0.3) is 5.91 Å². The van der Waals surface area contributed by atoms with E-state index in [1.165, 1.54) is 12.1 Å². The van der Waals surface area contributed by atoms with E-state index in [4.69, 9.17) is 9.26 Å². The predicted octanol–water partition coefficient (Wildman–Crippen LogP) is 4.79. The second kappa shape index (κ2) is 12.2. The molecule has 0 aliphatic heterocycles. The van der Waals surface area contributed by atoms with Crippen LogP contribution < -0.4 is 15.4 Å². The molecular weight excluding hydrogens is 503 g/mol. The Labute approximate surface area is 225 Å². The van der Waals surface area contributed by atoms with Gasteiger partial charge in [-0.05, 0) is 48.2 Å².